The molecule has 0 aromatic carbocycles. The van der Waals surface area contributed by atoms with Gasteiger partial charge in [0.25, 0.3) is 0 Å². The van der Waals surface area contributed by atoms with E-state index in [0.717, 1.165) is 0 Å². The highest BCUT2D eigenvalue weighted by atomic mass is 16.4. The van der Waals surface area contributed by atoms with Crippen molar-refractivity contribution in [1.82, 2.24) is 16.0 Å². The number of nitrogens with two attached hydrogens (primary N) is 2. The molecular weight excluding hydrogens is 430 g/mol. The smallest absolute Gasteiger partial charge is 0.326 e. The van der Waals surface area contributed by atoms with Crippen LogP contribution >= 0.6 is 0 Å². The first-order valence-corrected chi connectivity index (χ1v) is 11.6. The lowest BCUT2D eigenvalue weighted by Crippen LogP contribution is -2.59. The maximum Gasteiger partial charge on any atom is 0.326 e. The third-order valence-corrected chi connectivity index (χ3v) is 5.03. The molecule has 0 rings (SSSR count). The molecule has 0 aromatic rings. The van der Waals surface area contributed by atoms with Crippen LogP contribution in [0.15, 0.2) is 0 Å². The van der Waals surface area contributed by atoms with Gasteiger partial charge in [-0.2, -0.15) is 0 Å². The lowest BCUT2D eigenvalue weighted by molar-refractivity contribution is -0.143. The molecule has 0 aliphatic rings. The van der Waals surface area contributed by atoms with E-state index < -0.39 is 54.0 Å². The summed E-state index contributed by atoms with van der Waals surface area (Å²) in [6.45, 7) is 9.21. The Balaban J connectivity index is 5.43. The zero-order chi connectivity index (χ0) is 25.7. The number of carboxylic acid groups (broad SMARTS) is 1. The van der Waals surface area contributed by atoms with Crippen molar-refractivity contribution in [3.8, 4) is 0 Å². The molecule has 0 heterocycles. The quantitative estimate of drug-likeness (QED) is 0.145. The molecule has 0 bridgehead atoms. The lowest BCUT2D eigenvalue weighted by Gasteiger charge is -2.27. The van der Waals surface area contributed by atoms with E-state index in [2.05, 4.69) is 16.0 Å². The van der Waals surface area contributed by atoms with Crippen molar-refractivity contribution < 1.29 is 29.4 Å². The minimum atomic E-state index is -1.33. The lowest BCUT2D eigenvalue weighted by atomic mass is 10.0. The van der Waals surface area contributed by atoms with Crippen LogP contribution < -0.4 is 27.4 Å². The number of hydrogen-bond acceptors (Lipinski definition) is 7. The second-order valence-electron chi connectivity index (χ2n) is 9.34. The molecule has 0 fully saturated rings. The first-order chi connectivity index (χ1) is 15.3. The van der Waals surface area contributed by atoms with Crippen LogP contribution in [-0.2, 0) is 19.2 Å². The summed E-state index contributed by atoms with van der Waals surface area (Å²) in [5.74, 6) is -2.98. The molecule has 0 aliphatic heterocycles. The van der Waals surface area contributed by atoms with Crippen LogP contribution in [0.5, 0.6) is 0 Å². The van der Waals surface area contributed by atoms with Crippen LogP contribution in [-0.4, -0.2) is 70.7 Å². The van der Waals surface area contributed by atoms with Crippen LogP contribution in [0.2, 0.25) is 0 Å². The van der Waals surface area contributed by atoms with Gasteiger partial charge in [-0.25, -0.2) is 4.79 Å². The van der Waals surface area contributed by atoms with Gasteiger partial charge >= 0.3 is 5.97 Å². The molecule has 192 valence electrons. The molecule has 0 spiro atoms. The Morgan fingerprint density at radius 1 is 0.788 bits per heavy atom. The second kappa shape index (κ2) is 15.6. The highest BCUT2D eigenvalue weighted by Crippen LogP contribution is 2.09. The van der Waals surface area contributed by atoms with Crippen molar-refractivity contribution in [2.24, 2.45) is 23.3 Å². The van der Waals surface area contributed by atoms with Crippen molar-refractivity contribution in [3.63, 3.8) is 0 Å². The van der Waals surface area contributed by atoms with Gasteiger partial charge in [-0.1, -0.05) is 27.7 Å². The maximum absolute atomic E-state index is 12.9. The fourth-order valence-corrected chi connectivity index (χ4v) is 3.27. The van der Waals surface area contributed by atoms with Gasteiger partial charge in [-0.15, -0.1) is 0 Å². The third kappa shape index (κ3) is 12.5. The predicted molar refractivity (Wildman–Crippen MR) is 125 cm³/mol. The normalized spacial score (nSPS) is 15.9. The number of carbonyl (C=O) groups is 4. The van der Waals surface area contributed by atoms with Crippen LogP contribution in [0.1, 0.15) is 66.7 Å². The average Bonchev–Trinajstić information content (AvgIpc) is 2.69. The molecule has 0 aromatic heterocycles. The minimum absolute atomic E-state index is 0.0292. The molecule has 9 N–H and O–H groups in total. The SMILES string of the molecule is CC(C)CC(N)C(=O)NC(C(=O)NC(CCCCN)C(=O)NC(CC(C)C)C(=O)O)C(C)O. The Labute approximate surface area is 196 Å². The monoisotopic (exact) mass is 473 g/mol. The molecular formula is C22H43N5O6. The highest BCUT2D eigenvalue weighted by molar-refractivity contribution is 5.94. The fraction of sp³-hybridized carbons (Fsp3) is 0.818. The Bertz CT molecular complexity index is 641. The topological polar surface area (TPSA) is 197 Å². The van der Waals surface area contributed by atoms with E-state index in [-0.39, 0.29) is 24.7 Å². The number of aliphatic hydroxyl groups excluding tert-OH is 1. The van der Waals surface area contributed by atoms with Crippen molar-refractivity contribution >= 4 is 23.7 Å². The first-order valence-electron chi connectivity index (χ1n) is 11.6. The number of hydrogen-bond donors (Lipinski definition) is 7. The van der Waals surface area contributed by atoms with Crippen molar-refractivity contribution in [2.75, 3.05) is 6.54 Å². The summed E-state index contributed by atoms with van der Waals surface area (Å²) in [5, 5.41) is 26.9. The zero-order valence-corrected chi connectivity index (χ0v) is 20.5. The van der Waals surface area contributed by atoms with E-state index in [9.17, 15) is 29.4 Å². The van der Waals surface area contributed by atoms with Gasteiger partial charge in [0.15, 0.2) is 0 Å². The number of carbonyl (C=O) groups excluding carboxylic acids is 3. The fourth-order valence-electron chi connectivity index (χ4n) is 3.27. The number of nitrogens with one attached hydrogen (secondary N) is 3. The molecule has 33 heavy (non-hydrogen) atoms. The Morgan fingerprint density at radius 3 is 1.79 bits per heavy atom. The largest absolute Gasteiger partial charge is 0.480 e. The summed E-state index contributed by atoms with van der Waals surface area (Å²) in [6.07, 6.45) is 0.717. The van der Waals surface area contributed by atoms with E-state index in [1.165, 1.54) is 6.92 Å². The van der Waals surface area contributed by atoms with Crippen molar-refractivity contribution in [2.45, 2.75) is 97.0 Å². The Kier molecular flexibility index (Phi) is 14.5. The summed E-state index contributed by atoms with van der Waals surface area (Å²) < 4.78 is 0. The van der Waals surface area contributed by atoms with E-state index in [4.69, 9.17) is 11.5 Å². The number of carboxylic acids is 1. The summed E-state index contributed by atoms with van der Waals surface area (Å²) in [6, 6.07) is -4.34. The number of aliphatic carboxylic acids is 1. The molecule has 3 amide bonds. The van der Waals surface area contributed by atoms with E-state index >= 15 is 0 Å². The van der Waals surface area contributed by atoms with Gasteiger partial charge in [0.05, 0.1) is 12.1 Å². The molecule has 0 radical (unpaired) electrons. The standard InChI is InChI=1S/C22H43N5O6/c1-12(2)10-15(24)19(29)27-18(14(5)28)21(31)25-16(8-6-7-9-23)20(30)26-17(22(32)33)11-13(3)4/h12-18,28H,6-11,23-24H2,1-5H3,(H,25,31)(H,26,30)(H,27,29)(H,32,33). The van der Waals surface area contributed by atoms with E-state index in [0.29, 0.717) is 25.8 Å². The Morgan fingerprint density at radius 2 is 1.33 bits per heavy atom. The van der Waals surface area contributed by atoms with Crippen LogP contribution in [0, 0.1) is 11.8 Å². The molecule has 5 atom stereocenters. The molecule has 0 saturated carbocycles. The molecule has 0 aliphatic carbocycles. The highest BCUT2D eigenvalue weighted by Gasteiger charge is 2.32. The Hall–Kier alpha value is -2.24. The number of unbranched alkanes of at least 4 members (excludes halogenated alkanes) is 1. The summed E-state index contributed by atoms with van der Waals surface area (Å²) >= 11 is 0. The first kappa shape index (κ1) is 30.8. The van der Waals surface area contributed by atoms with E-state index in [1.807, 2.05) is 27.7 Å². The number of amides is 3. The molecule has 5 unspecified atom stereocenters. The van der Waals surface area contributed by atoms with Crippen LogP contribution in [0.25, 0.3) is 0 Å². The third-order valence-electron chi connectivity index (χ3n) is 5.03. The molecule has 11 heteroatoms. The summed E-state index contributed by atoms with van der Waals surface area (Å²) in [4.78, 5) is 49.6. The molecule has 11 nitrogen and oxygen atoms in total. The van der Waals surface area contributed by atoms with Gasteiger partial charge < -0.3 is 37.6 Å². The van der Waals surface area contributed by atoms with Gasteiger partial charge in [0.2, 0.25) is 17.7 Å². The van der Waals surface area contributed by atoms with Gasteiger partial charge in [0.1, 0.15) is 18.1 Å². The van der Waals surface area contributed by atoms with E-state index in [1.54, 1.807) is 0 Å². The predicted octanol–water partition coefficient (Wildman–Crippen LogP) is -0.545. The van der Waals surface area contributed by atoms with Gasteiger partial charge in [-0.05, 0) is 57.4 Å². The number of aliphatic hydroxyl groups is 1. The van der Waals surface area contributed by atoms with Crippen LogP contribution in [0.3, 0.4) is 0 Å². The van der Waals surface area contributed by atoms with Crippen molar-refractivity contribution in [3.05, 3.63) is 0 Å². The summed E-state index contributed by atoms with van der Waals surface area (Å²) in [7, 11) is 0. The minimum Gasteiger partial charge on any atom is -0.480 e. The van der Waals surface area contributed by atoms with Gasteiger partial charge in [-0.3, -0.25) is 14.4 Å². The van der Waals surface area contributed by atoms with Crippen molar-refractivity contribution in [1.29, 1.82) is 0 Å². The maximum atomic E-state index is 12.9. The molecule has 0 saturated heterocycles. The summed E-state index contributed by atoms with van der Waals surface area (Å²) in [5.41, 5.74) is 11.4. The number of rotatable bonds is 16. The second-order valence-corrected chi connectivity index (χ2v) is 9.34. The average molecular weight is 474 g/mol. The van der Waals surface area contributed by atoms with Gasteiger partial charge in [0, 0.05) is 0 Å². The van der Waals surface area contributed by atoms with Crippen LogP contribution in [0.4, 0.5) is 0 Å². The zero-order valence-electron chi connectivity index (χ0n) is 20.5.